The zero-order chi connectivity index (χ0) is 10.6. The molecule has 1 aromatic heterocycles. The van der Waals surface area contributed by atoms with Gasteiger partial charge < -0.3 is 10.6 Å². The second kappa shape index (κ2) is 5.02. The molecular weight excluding hydrogens is 225 g/mol. The number of nitrogens with zero attached hydrogens (tertiary/aromatic N) is 1. The number of nitrogens with one attached hydrogen (secondary N) is 2. The highest BCUT2D eigenvalue weighted by molar-refractivity contribution is 6.35. The number of hydrogen-bond donors (Lipinski definition) is 2. The van der Waals surface area contributed by atoms with E-state index >= 15 is 0 Å². The lowest BCUT2D eigenvalue weighted by atomic mass is 10.4. The average Bonchev–Trinajstić information content (AvgIpc) is 2.16. The zero-order valence-corrected chi connectivity index (χ0v) is 8.99. The van der Waals surface area contributed by atoms with E-state index in [2.05, 4.69) is 15.6 Å². The van der Waals surface area contributed by atoms with Crippen LogP contribution >= 0.6 is 23.2 Å². The lowest BCUT2D eigenvalue weighted by molar-refractivity contribution is -0.118. The van der Waals surface area contributed by atoms with Crippen molar-refractivity contribution in [1.29, 1.82) is 0 Å². The standard InChI is InChI=1S/C8H9Cl2N3O/c1-11-7(14)4-13-8-6(10)2-5(9)3-12-8/h2-3H,4H2,1H3,(H,11,14)(H,12,13). The van der Waals surface area contributed by atoms with E-state index in [4.69, 9.17) is 23.2 Å². The summed E-state index contributed by atoms with van der Waals surface area (Å²) < 4.78 is 0. The van der Waals surface area contributed by atoms with Crippen molar-refractivity contribution < 1.29 is 4.79 Å². The Morgan fingerprint density at radius 2 is 2.29 bits per heavy atom. The number of anilines is 1. The van der Waals surface area contributed by atoms with Crippen LogP contribution in [0.5, 0.6) is 0 Å². The maximum Gasteiger partial charge on any atom is 0.239 e. The van der Waals surface area contributed by atoms with Gasteiger partial charge in [0.2, 0.25) is 5.91 Å². The molecule has 14 heavy (non-hydrogen) atoms. The molecule has 0 spiro atoms. The molecule has 1 amide bonds. The van der Waals surface area contributed by atoms with Crippen molar-refractivity contribution in [2.75, 3.05) is 18.9 Å². The molecule has 2 N–H and O–H groups in total. The van der Waals surface area contributed by atoms with Crippen molar-refractivity contribution in [1.82, 2.24) is 10.3 Å². The van der Waals surface area contributed by atoms with Gasteiger partial charge in [0, 0.05) is 13.2 Å². The summed E-state index contributed by atoms with van der Waals surface area (Å²) in [5.41, 5.74) is 0. The van der Waals surface area contributed by atoms with E-state index in [1.54, 1.807) is 13.1 Å². The fourth-order valence-electron chi connectivity index (χ4n) is 0.797. The molecule has 0 unspecified atom stereocenters. The Morgan fingerprint density at radius 1 is 1.57 bits per heavy atom. The predicted molar refractivity (Wildman–Crippen MR) is 56.8 cm³/mol. The number of rotatable bonds is 3. The summed E-state index contributed by atoms with van der Waals surface area (Å²) in [6, 6.07) is 1.56. The number of halogens is 2. The first-order chi connectivity index (χ1) is 6.63. The third-order valence-electron chi connectivity index (χ3n) is 1.50. The number of carbonyl (C=O) groups excluding carboxylic acids is 1. The van der Waals surface area contributed by atoms with Crippen LogP contribution in [-0.2, 0) is 4.79 Å². The van der Waals surface area contributed by atoms with Crippen LogP contribution in [0.3, 0.4) is 0 Å². The second-order valence-electron chi connectivity index (χ2n) is 2.51. The van der Waals surface area contributed by atoms with Crippen molar-refractivity contribution in [2.45, 2.75) is 0 Å². The zero-order valence-electron chi connectivity index (χ0n) is 7.47. The molecule has 4 nitrogen and oxygen atoms in total. The predicted octanol–water partition coefficient (Wildman–Crippen LogP) is 1.55. The molecule has 0 aromatic carbocycles. The molecule has 0 saturated heterocycles. The van der Waals surface area contributed by atoms with E-state index in [-0.39, 0.29) is 12.5 Å². The van der Waals surface area contributed by atoms with Gasteiger partial charge in [-0.15, -0.1) is 0 Å². The summed E-state index contributed by atoms with van der Waals surface area (Å²) in [5.74, 6) is 0.303. The molecule has 1 heterocycles. The van der Waals surface area contributed by atoms with Gasteiger partial charge in [0.25, 0.3) is 0 Å². The van der Waals surface area contributed by atoms with Crippen molar-refractivity contribution in [3.63, 3.8) is 0 Å². The lowest BCUT2D eigenvalue weighted by Crippen LogP contribution is -2.26. The fraction of sp³-hybridized carbons (Fsp3) is 0.250. The minimum atomic E-state index is -0.141. The highest BCUT2D eigenvalue weighted by atomic mass is 35.5. The second-order valence-corrected chi connectivity index (χ2v) is 3.35. The first-order valence-corrected chi connectivity index (χ1v) is 4.64. The van der Waals surface area contributed by atoms with Crippen LogP contribution in [-0.4, -0.2) is 24.5 Å². The molecule has 0 bridgehead atoms. The molecule has 0 atom stereocenters. The van der Waals surface area contributed by atoms with Crippen molar-refractivity contribution in [2.24, 2.45) is 0 Å². The van der Waals surface area contributed by atoms with Crippen LogP contribution in [0.15, 0.2) is 12.3 Å². The molecule has 0 aliphatic heterocycles. The molecule has 1 rings (SSSR count). The molecule has 0 aliphatic carbocycles. The molecule has 6 heteroatoms. The van der Waals surface area contributed by atoms with Gasteiger partial charge in [-0.2, -0.15) is 0 Å². The molecular formula is C8H9Cl2N3O. The molecule has 0 fully saturated rings. The third kappa shape index (κ3) is 3.05. The van der Waals surface area contributed by atoms with Crippen LogP contribution in [0, 0.1) is 0 Å². The number of carbonyl (C=O) groups is 1. The Hall–Kier alpha value is -1.000. The maximum atomic E-state index is 10.9. The number of amides is 1. The quantitative estimate of drug-likeness (QED) is 0.834. The van der Waals surface area contributed by atoms with Gasteiger partial charge in [0.15, 0.2) is 0 Å². The van der Waals surface area contributed by atoms with E-state index in [0.717, 1.165) is 0 Å². The molecule has 76 valence electrons. The van der Waals surface area contributed by atoms with Crippen molar-refractivity contribution in [3.05, 3.63) is 22.3 Å². The number of pyridine rings is 1. The summed E-state index contributed by atoms with van der Waals surface area (Å²) >= 11 is 11.5. The van der Waals surface area contributed by atoms with Crippen LogP contribution in [0.25, 0.3) is 0 Å². The summed E-state index contributed by atoms with van der Waals surface area (Å²) in [6.07, 6.45) is 1.46. The SMILES string of the molecule is CNC(=O)CNc1ncc(Cl)cc1Cl. The molecule has 0 saturated carbocycles. The van der Waals surface area contributed by atoms with Gasteiger partial charge in [-0.05, 0) is 6.07 Å². The monoisotopic (exact) mass is 233 g/mol. The fourth-order valence-corrected chi connectivity index (χ4v) is 1.24. The van der Waals surface area contributed by atoms with Crippen molar-refractivity contribution >= 4 is 34.9 Å². The Morgan fingerprint density at radius 3 is 2.86 bits per heavy atom. The van der Waals surface area contributed by atoms with E-state index in [1.807, 2.05) is 0 Å². The van der Waals surface area contributed by atoms with Gasteiger partial charge in [-0.3, -0.25) is 4.79 Å². The van der Waals surface area contributed by atoms with Gasteiger partial charge >= 0.3 is 0 Å². The van der Waals surface area contributed by atoms with E-state index in [0.29, 0.717) is 15.9 Å². The molecule has 0 radical (unpaired) electrons. The first-order valence-electron chi connectivity index (χ1n) is 3.89. The summed E-state index contributed by atoms with van der Waals surface area (Å²) in [6.45, 7) is 0.130. The number of likely N-dealkylation sites (N-methyl/N-ethyl adjacent to an activating group) is 1. The van der Waals surface area contributed by atoms with Crippen LogP contribution in [0.2, 0.25) is 10.0 Å². The Bertz CT molecular complexity index is 343. The molecule has 0 aliphatic rings. The van der Waals surface area contributed by atoms with Gasteiger partial charge in [0.1, 0.15) is 5.82 Å². The number of aromatic nitrogens is 1. The van der Waals surface area contributed by atoms with Crippen molar-refractivity contribution in [3.8, 4) is 0 Å². The average molecular weight is 234 g/mol. The smallest absolute Gasteiger partial charge is 0.239 e. The van der Waals surface area contributed by atoms with Gasteiger partial charge in [-0.1, -0.05) is 23.2 Å². The van der Waals surface area contributed by atoms with E-state index < -0.39 is 0 Å². The highest BCUT2D eigenvalue weighted by Crippen LogP contribution is 2.21. The summed E-state index contributed by atoms with van der Waals surface area (Å²) in [5, 5.41) is 6.09. The van der Waals surface area contributed by atoms with E-state index in [9.17, 15) is 4.79 Å². The highest BCUT2D eigenvalue weighted by Gasteiger charge is 2.03. The maximum absolute atomic E-state index is 10.9. The van der Waals surface area contributed by atoms with Gasteiger partial charge in [-0.25, -0.2) is 4.98 Å². The lowest BCUT2D eigenvalue weighted by Gasteiger charge is -2.05. The minimum Gasteiger partial charge on any atom is -0.360 e. The van der Waals surface area contributed by atoms with Crippen LogP contribution in [0.4, 0.5) is 5.82 Å². The third-order valence-corrected chi connectivity index (χ3v) is 2.00. The Labute approximate surface area is 91.6 Å². The largest absolute Gasteiger partial charge is 0.360 e. The van der Waals surface area contributed by atoms with Crippen LogP contribution < -0.4 is 10.6 Å². The molecule has 1 aromatic rings. The van der Waals surface area contributed by atoms with Gasteiger partial charge in [0.05, 0.1) is 16.6 Å². The normalized spacial score (nSPS) is 9.64. The Kier molecular flexibility index (Phi) is 3.98. The van der Waals surface area contributed by atoms with E-state index in [1.165, 1.54) is 6.20 Å². The Balaban J connectivity index is 2.63. The number of hydrogen-bond acceptors (Lipinski definition) is 3. The minimum absolute atomic E-state index is 0.130. The topological polar surface area (TPSA) is 54.0 Å². The first kappa shape index (κ1) is 11.1. The summed E-state index contributed by atoms with van der Waals surface area (Å²) in [7, 11) is 1.56. The summed E-state index contributed by atoms with van der Waals surface area (Å²) in [4.78, 5) is 14.8. The van der Waals surface area contributed by atoms with Crippen LogP contribution in [0.1, 0.15) is 0 Å².